The van der Waals surface area contributed by atoms with E-state index < -0.39 is 13.0 Å². The molecule has 0 bridgehead atoms. The van der Waals surface area contributed by atoms with Crippen molar-refractivity contribution in [2.75, 3.05) is 18.8 Å². The molecule has 7 heteroatoms. The molecular formula is C10H16F2N4O. The Labute approximate surface area is 98.2 Å². The molecule has 0 saturated heterocycles. The van der Waals surface area contributed by atoms with Gasteiger partial charge in [0, 0.05) is 19.3 Å². The van der Waals surface area contributed by atoms with Gasteiger partial charge in [0.1, 0.15) is 12.1 Å². The number of rotatable bonds is 5. The molecule has 5 nitrogen and oxygen atoms in total. The van der Waals surface area contributed by atoms with Crippen molar-refractivity contribution in [3.63, 3.8) is 0 Å². The van der Waals surface area contributed by atoms with Gasteiger partial charge in [-0.25, -0.2) is 8.78 Å². The van der Waals surface area contributed by atoms with Crippen LogP contribution in [-0.2, 0) is 6.54 Å². The second-order valence-corrected chi connectivity index (χ2v) is 3.52. The number of aromatic nitrogens is 2. The second kappa shape index (κ2) is 5.60. The van der Waals surface area contributed by atoms with Crippen LogP contribution in [0.4, 0.5) is 14.6 Å². The van der Waals surface area contributed by atoms with Crippen LogP contribution in [0.1, 0.15) is 24.2 Å². The van der Waals surface area contributed by atoms with Crippen molar-refractivity contribution in [3.8, 4) is 0 Å². The van der Waals surface area contributed by atoms with E-state index >= 15 is 0 Å². The van der Waals surface area contributed by atoms with Crippen molar-refractivity contribution in [1.82, 2.24) is 14.7 Å². The molecule has 0 aliphatic rings. The number of nitrogens with zero attached hydrogens (tertiary/aromatic N) is 3. The minimum absolute atomic E-state index is 0.0115. The minimum atomic E-state index is -2.52. The van der Waals surface area contributed by atoms with Crippen LogP contribution in [0.25, 0.3) is 0 Å². The maximum atomic E-state index is 12.2. The van der Waals surface area contributed by atoms with Crippen LogP contribution < -0.4 is 5.73 Å². The number of carbonyl (C=O) groups is 1. The molecule has 96 valence electrons. The first-order valence-corrected chi connectivity index (χ1v) is 5.39. The average Bonchev–Trinajstić information content (AvgIpc) is 2.60. The molecule has 0 unspecified atom stereocenters. The molecule has 17 heavy (non-hydrogen) atoms. The molecule has 1 heterocycles. The van der Waals surface area contributed by atoms with Gasteiger partial charge in [0.05, 0.1) is 0 Å². The molecule has 1 aromatic heterocycles. The van der Waals surface area contributed by atoms with Crippen molar-refractivity contribution < 1.29 is 13.6 Å². The summed E-state index contributed by atoms with van der Waals surface area (Å²) in [7, 11) is 0. The first-order chi connectivity index (χ1) is 7.99. The summed E-state index contributed by atoms with van der Waals surface area (Å²) in [5.74, 6) is -0.296. The van der Waals surface area contributed by atoms with Gasteiger partial charge in [-0.15, -0.1) is 0 Å². The number of hydrogen-bond donors (Lipinski definition) is 1. The van der Waals surface area contributed by atoms with Gasteiger partial charge in [0.2, 0.25) is 0 Å². The Kier molecular flexibility index (Phi) is 4.42. The summed E-state index contributed by atoms with van der Waals surface area (Å²) in [4.78, 5) is 13.5. The molecule has 1 amide bonds. The number of anilines is 1. The van der Waals surface area contributed by atoms with Crippen LogP contribution in [0.5, 0.6) is 0 Å². The monoisotopic (exact) mass is 246 g/mol. The fourth-order valence-corrected chi connectivity index (χ4v) is 1.52. The minimum Gasteiger partial charge on any atom is -0.382 e. The van der Waals surface area contributed by atoms with Crippen LogP contribution in [0.15, 0.2) is 6.20 Å². The molecule has 0 atom stereocenters. The fraction of sp³-hybridized carbons (Fsp3) is 0.600. The van der Waals surface area contributed by atoms with Crippen LogP contribution in [-0.4, -0.2) is 40.1 Å². The predicted octanol–water partition coefficient (Wildman–Crippen LogP) is 1.21. The number of halogens is 2. The third-order valence-electron chi connectivity index (χ3n) is 2.40. The largest absolute Gasteiger partial charge is 0.382 e. The quantitative estimate of drug-likeness (QED) is 0.849. The van der Waals surface area contributed by atoms with Crippen molar-refractivity contribution in [2.45, 2.75) is 26.8 Å². The lowest BCUT2D eigenvalue weighted by molar-refractivity contribution is 0.0773. The summed E-state index contributed by atoms with van der Waals surface area (Å²) >= 11 is 0. The van der Waals surface area contributed by atoms with Crippen LogP contribution in [0, 0.1) is 0 Å². The molecule has 1 aromatic rings. The Morgan fingerprint density at radius 2 is 2.12 bits per heavy atom. The lowest BCUT2D eigenvalue weighted by atomic mass is 10.3. The Morgan fingerprint density at radius 1 is 1.53 bits per heavy atom. The van der Waals surface area contributed by atoms with Crippen molar-refractivity contribution >= 4 is 11.7 Å². The smallest absolute Gasteiger partial charge is 0.259 e. The maximum Gasteiger partial charge on any atom is 0.259 e. The Morgan fingerprint density at radius 3 is 2.59 bits per heavy atom. The molecule has 0 aromatic carbocycles. The van der Waals surface area contributed by atoms with E-state index in [1.807, 2.05) is 13.8 Å². The standard InChI is InChI=1S/C10H16F2N4O/c1-3-15(4-2)10(17)7-5-16(6-8(11)12)14-9(7)13/h5,8H,3-4,6H2,1-2H3,(H2,13,14). The van der Waals surface area contributed by atoms with E-state index in [-0.39, 0.29) is 17.3 Å². The van der Waals surface area contributed by atoms with Gasteiger partial charge in [-0.1, -0.05) is 0 Å². The van der Waals surface area contributed by atoms with E-state index in [9.17, 15) is 13.6 Å². The first-order valence-electron chi connectivity index (χ1n) is 5.39. The predicted molar refractivity (Wildman–Crippen MR) is 59.9 cm³/mol. The van der Waals surface area contributed by atoms with Gasteiger partial charge in [-0.05, 0) is 13.8 Å². The molecule has 0 aliphatic carbocycles. The summed E-state index contributed by atoms with van der Waals surface area (Å²) in [5.41, 5.74) is 5.72. The topological polar surface area (TPSA) is 64.2 Å². The molecule has 0 spiro atoms. The third-order valence-corrected chi connectivity index (χ3v) is 2.40. The highest BCUT2D eigenvalue weighted by Crippen LogP contribution is 2.13. The number of nitrogens with two attached hydrogens (primary N) is 1. The van der Waals surface area contributed by atoms with Gasteiger partial charge in [-0.3, -0.25) is 9.48 Å². The SMILES string of the molecule is CCN(CC)C(=O)c1cn(CC(F)F)nc1N. The van der Waals surface area contributed by atoms with Gasteiger partial charge in [-0.2, -0.15) is 5.10 Å². The number of hydrogen-bond acceptors (Lipinski definition) is 3. The van der Waals surface area contributed by atoms with Crippen LogP contribution >= 0.6 is 0 Å². The average molecular weight is 246 g/mol. The van der Waals surface area contributed by atoms with Crippen LogP contribution in [0.2, 0.25) is 0 Å². The normalized spacial score (nSPS) is 10.9. The second-order valence-electron chi connectivity index (χ2n) is 3.52. The summed E-state index contributed by atoms with van der Waals surface area (Å²) in [6, 6.07) is 0. The number of carbonyl (C=O) groups excluding carboxylic acids is 1. The highest BCUT2D eigenvalue weighted by Gasteiger charge is 2.19. The zero-order valence-electron chi connectivity index (χ0n) is 9.86. The van der Waals surface area contributed by atoms with Gasteiger partial charge < -0.3 is 10.6 Å². The van der Waals surface area contributed by atoms with E-state index in [0.717, 1.165) is 4.68 Å². The van der Waals surface area contributed by atoms with Gasteiger partial charge >= 0.3 is 0 Å². The first kappa shape index (κ1) is 13.4. The summed E-state index contributed by atoms with van der Waals surface area (Å²) in [5, 5.41) is 3.69. The molecule has 2 N–H and O–H groups in total. The van der Waals surface area contributed by atoms with Crippen molar-refractivity contribution in [1.29, 1.82) is 0 Å². The van der Waals surface area contributed by atoms with E-state index in [0.29, 0.717) is 13.1 Å². The Bertz CT molecular complexity index is 388. The summed E-state index contributed by atoms with van der Waals surface area (Å²) < 4.78 is 25.3. The summed E-state index contributed by atoms with van der Waals surface area (Å²) in [6.07, 6.45) is -1.26. The zero-order valence-corrected chi connectivity index (χ0v) is 9.86. The summed E-state index contributed by atoms with van der Waals surface area (Å²) in [6.45, 7) is 4.18. The molecule has 1 rings (SSSR count). The Hall–Kier alpha value is -1.66. The molecule has 0 aliphatic heterocycles. The maximum absolute atomic E-state index is 12.2. The fourth-order valence-electron chi connectivity index (χ4n) is 1.52. The van der Waals surface area contributed by atoms with Crippen LogP contribution in [0.3, 0.4) is 0 Å². The molecule has 0 saturated carbocycles. The van der Waals surface area contributed by atoms with E-state index in [1.165, 1.54) is 6.20 Å². The lowest BCUT2D eigenvalue weighted by Crippen LogP contribution is -2.30. The molecule has 0 fully saturated rings. The van der Waals surface area contributed by atoms with Gasteiger partial charge in [0.25, 0.3) is 12.3 Å². The van der Waals surface area contributed by atoms with E-state index in [2.05, 4.69) is 5.10 Å². The number of nitrogen functional groups attached to an aromatic ring is 1. The lowest BCUT2D eigenvalue weighted by Gasteiger charge is -2.17. The zero-order chi connectivity index (χ0) is 13.0. The molecule has 0 radical (unpaired) electrons. The Balaban J connectivity index is 2.90. The highest BCUT2D eigenvalue weighted by atomic mass is 19.3. The van der Waals surface area contributed by atoms with Crippen molar-refractivity contribution in [3.05, 3.63) is 11.8 Å². The number of alkyl halides is 2. The van der Waals surface area contributed by atoms with Crippen molar-refractivity contribution in [2.24, 2.45) is 0 Å². The van der Waals surface area contributed by atoms with E-state index in [4.69, 9.17) is 5.73 Å². The highest BCUT2D eigenvalue weighted by molar-refractivity contribution is 5.98. The molecular weight excluding hydrogens is 230 g/mol. The number of amides is 1. The van der Waals surface area contributed by atoms with Gasteiger partial charge in [0.15, 0.2) is 5.82 Å². The van der Waals surface area contributed by atoms with E-state index in [1.54, 1.807) is 4.90 Å². The third kappa shape index (κ3) is 3.15.